The smallest absolute Gasteiger partial charge is 0.249 e. The van der Waals surface area contributed by atoms with Crippen molar-refractivity contribution in [3.63, 3.8) is 0 Å². The number of rotatable bonds is 5. The second-order valence-corrected chi connectivity index (χ2v) is 8.10. The molecule has 0 aromatic carbocycles. The molecule has 3 fully saturated rings. The first-order valence-corrected chi connectivity index (χ1v) is 10.4. The maximum absolute atomic E-state index is 12.5. The lowest BCUT2D eigenvalue weighted by atomic mass is 9.88. The maximum Gasteiger partial charge on any atom is 0.249 e. The molecule has 0 bridgehead atoms. The predicted molar refractivity (Wildman–Crippen MR) is 101 cm³/mol. The van der Waals surface area contributed by atoms with Crippen molar-refractivity contribution in [3.8, 4) is 0 Å². The molecular formula is C21H31N3O2. The van der Waals surface area contributed by atoms with Crippen molar-refractivity contribution in [2.75, 3.05) is 19.6 Å². The summed E-state index contributed by atoms with van der Waals surface area (Å²) in [6, 6.07) is 6.63. The number of amides is 1. The van der Waals surface area contributed by atoms with Gasteiger partial charge in [-0.3, -0.25) is 14.7 Å². The Labute approximate surface area is 156 Å². The highest BCUT2D eigenvalue weighted by atomic mass is 16.5. The first-order valence-electron chi connectivity index (χ1n) is 10.4. The Morgan fingerprint density at radius 3 is 2.92 bits per heavy atom. The maximum atomic E-state index is 12.5. The summed E-state index contributed by atoms with van der Waals surface area (Å²) in [7, 11) is 0. The van der Waals surface area contributed by atoms with Crippen LogP contribution >= 0.6 is 0 Å². The monoisotopic (exact) mass is 357 g/mol. The lowest BCUT2D eigenvalue weighted by Crippen LogP contribution is -2.48. The molecule has 3 aliphatic rings. The van der Waals surface area contributed by atoms with Crippen LogP contribution in [0, 0.1) is 5.92 Å². The summed E-state index contributed by atoms with van der Waals surface area (Å²) in [5.41, 5.74) is 1.01. The topological polar surface area (TPSA) is 54.5 Å². The molecule has 1 aromatic heterocycles. The normalized spacial score (nSPS) is 30.1. The van der Waals surface area contributed by atoms with Gasteiger partial charge in [-0.15, -0.1) is 0 Å². The number of hydrogen-bond donors (Lipinski definition) is 1. The van der Waals surface area contributed by atoms with Gasteiger partial charge in [0.1, 0.15) is 6.10 Å². The number of fused-ring (bicyclic) bond motifs is 1. The Balaban J connectivity index is 1.23. The number of likely N-dealkylation sites (tertiary alicyclic amines) is 1. The first kappa shape index (κ1) is 17.9. The number of piperidine rings is 1. The van der Waals surface area contributed by atoms with Gasteiger partial charge in [-0.05, 0) is 50.3 Å². The molecule has 1 saturated carbocycles. The van der Waals surface area contributed by atoms with Crippen LogP contribution in [0.4, 0.5) is 0 Å². The molecule has 1 aliphatic carbocycles. The van der Waals surface area contributed by atoms with Crippen LogP contribution in [0.5, 0.6) is 0 Å². The summed E-state index contributed by atoms with van der Waals surface area (Å²) in [6.45, 7) is 2.83. The number of aromatic nitrogens is 1. The van der Waals surface area contributed by atoms with Gasteiger partial charge in [0, 0.05) is 37.4 Å². The van der Waals surface area contributed by atoms with Gasteiger partial charge in [0.15, 0.2) is 0 Å². The minimum Gasteiger partial charge on any atom is -0.364 e. The van der Waals surface area contributed by atoms with Crippen LogP contribution in [-0.4, -0.2) is 53.7 Å². The van der Waals surface area contributed by atoms with Gasteiger partial charge >= 0.3 is 0 Å². The minimum absolute atomic E-state index is 0.0551. The molecule has 5 heteroatoms. The van der Waals surface area contributed by atoms with Crippen LogP contribution < -0.4 is 5.32 Å². The zero-order valence-electron chi connectivity index (χ0n) is 15.6. The predicted octanol–water partition coefficient (Wildman–Crippen LogP) is 2.55. The molecule has 5 nitrogen and oxygen atoms in total. The molecular weight excluding hydrogens is 326 g/mol. The summed E-state index contributed by atoms with van der Waals surface area (Å²) >= 11 is 0. The number of ether oxygens (including phenoxy) is 1. The lowest BCUT2D eigenvalue weighted by Gasteiger charge is -2.40. The van der Waals surface area contributed by atoms with E-state index in [0.717, 1.165) is 31.1 Å². The lowest BCUT2D eigenvalue weighted by molar-refractivity contribution is -0.133. The van der Waals surface area contributed by atoms with Crippen LogP contribution in [0.3, 0.4) is 0 Å². The van der Waals surface area contributed by atoms with Crippen molar-refractivity contribution >= 4 is 5.91 Å². The van der Waals surface area contributed by atoms with E-state index < -0.39 is 0 Å². The van der Waals surface area contributed by atoms with Crippen molar-refractivity contribution in [1.82, 2.24) is 15.2 Å². The van der Waals surface area contributed by atoms with E-state index >= 15 is 0 Å². The summed E-state index contributed by atoms with van der Waals surface area (Å²) in [6.07, 6.45) is 11.4. The van der Waals surface area contributed by atoms with Crippen molar-refractivity contribution in [1.29, 1.82) is 0 Å². The Morgan fingerprint density at radius 2 is 2.12 bits per heavy atom. The van der Waals surface area contributed by atoms with E-state index in [-0.39, 0.29) is 18.1 Å². The van der Waals surface area contributed by atoms with E-state index in [0.29, 0.717) is 12.5 Å². The zero-order valence-corrected chi connectivity index (χ0v) is 15.6. The largest absolute Gasteiger partial charge is 0.364 e. The molecule has 142 valence electrons. The van der Waals surface area contributed by atoms with Crippen LogP contribution in [0.1, 0.15) is 50.6 Å². The third kappa shape index (κ3) is 4.26. The molecule has 0 spiro atoms. The second kappa shape index (κ2) is 8.49. The van der Waals surface area contributed by atoms with E-state index in [2.05, 4.69) is 15.2 Å². The Morgan fingerprint density at radius 1 is 1.23 bits per heavy atom. The van der Waals surface area contributed by atoms with E-state index in [1.54, 1.807) is 6.20 Å². The van der Waals surface area contributed by atoms with Crippen molar-refractivity contribution < 1.29 is 9.53 Å². The fraction of sp³-hybridized carbons (Fsp3) is 0.714. The Kier molecular flexibility index (Phi) is 5.85. The second-order valence-electron chi connectivity index (χ2n) is 8.10. The van der Waals surface area contributed by atoms with Crippen LogP contribution in [0.15, 0.2) is 24.4 Å². The van der Waals surface area contributed by atoms with Crippen LogP contribution in [0.2, 0.25) is 0 Å². The number of nitrogens with zero attached hydrogens (tertiary/aromatic N) is 2. The summed E-state index contributed by atoms with van der Waals surface area (Å²) in [5.74, 6) is 0.612. The highest BCUT2D eigenvalue weighted by molar-refractivity contribution is 5.81. The summed E-state index contributed by atoms with van der Waals surface area (Å²) in [4.78, 5) is 19.4. The minimum atomic E-state index is -0.264. The highest BCUT2D eigenvalue weighted by Gasteiger charge is 2.42. The molecule has 3 atom stereocenters. The van der Waals surface area contributed by atoms with Gasteiger partial charge in [-0.25, -0.2) is 0 Å². The highest BCUT2D eigenvalue weighted by Crippen LogP contribution is 2.35. The SMILES string of the molecule is O=C(NCCc1ccccn1)[C@H]1C[C@@H]2CCN(C3CCCCC3)C[C@H]2O1. The molecule has 0 unspecified atom stereocenters. The van der Waals surface area contributed by atoms with Gasteiger partial charge < -0.3 is 10.1 Å². The van der Waals surface area contributed by atoms with E-state index in [4.69, 9.17) is 4.74 Å². The summed E-state index contributed by atoms with van der Waals surface area (Å²) < 4.78 is 6.18. The Bertz CT molecular complexity index is 588. The molecule has 2 aliphatic heterocycles. The van der Waals surface area contributed by atoms with E-state index in [9.17, 15) is 4.79 Å². The number of pyridine rings is 1. The average molecular weight is 357 g/mol. The third-order valence-electron chi connectivity index (χ3n) is 6.37. The molecule has 3 heterocycles. The molecule has 0 radical (unpaired) electrons. The van der Waals surface area contributed by atoms with Crippen LogP contribution in [-0.2, 0) is 16.0 Å². The number of carbonyl (C=O) groups excluding carboxylic acids is 1. The number of carbonyl (C=O) groups is 1. The van der Waals surface area contributed by atoms with Gasteiger partial charge in [0.05, 0.1) is 6.10 Å². The first-order chi connectivity index (χ1) is 12.8. The van der Waals surface area contributed by atoms with Crippen molar-refractivity contribution in [3.05, 3.63) is 30.1 Å². The van der Waals surface area contributed by atoms with Crippen molar-refractivity contribution in [2.45, 2.75) is 69.6 Å². The number of hydrogen-bond acceptors (Lipinski definition) is 4. The van der Waals surface area contributed by atoms with E-state index in [1.807, 2.05) is 18.2 Å². The van der Waals surface area contributed by atoms with Gasteiger partial charge in [0.25, 0.3) is 0 Å². The van der Waals surface area contributed by atoms with Gasteiger partial charge in [-0.2, -0.15) is 0 Å². The van der Waals surface area contributed by atoms with Crippen molar-refractivity contribution in [2.24, 2.45) is 5.92 Å². The van der Waals surface area contributed by atoms with E-state index in [1.165, 1.54) is 45.1 Å². The number of nitrogens with one attached hydrogen (secondary N) is 1. The standard InChI is InChI=1S/C21H31N3O2/c25-21(23-12-9-17-6-4-5-11-22-17)19-14-16-10-13-24(15-20(16)26-19)18-7-2-1-3-8-18/h4-6,11,16,18-20H,1-3,7-10,12-15H2,(H,23,25)/t16-,19+,20+/m0/s1. The van der Waals surface area contributed by atoms with Gasteiger partial charge in [-0.1, -0.05) is 25.3 Å². The average Bonchev–Trinajstić information content (AvgIpc) is 3.13. The molecule has 4 rings (SSSR count). The Hall–Kier alpha value is -1.46. The molecule has 1 aromatic rings. The molecule has 1 N–H and O–H groups in total. The van der Waals surface area contributed by atoms with Gasteiger partial charge in [0.2, 0.25) is 5.91 Å². The van der Waals surface area contributed by atoms with Crippen LogP contribution in [0.25, 0.3) is 0 Å². The molecule has 1 amide bonds. The summed E-state index contributed by atoms with van der Waals surface area (Å²) in [5, 5.41) is 3.04. The molecule has 26 heavy (non-hydrogen) atoms. The fourth-order valence-electron chi connectivity index (χ4n) is 4.87. The quantitative estimate of drug-likeness (QED) is 0.880. The third-order valence-corrected chi connectivity index (χ3v) is 6.37. The zero-order chi connectivity index (χ0) is 17.8. The molecule has 2 saturated heterocycles. The fourth-order valence-corrected chi connectivity index (χ4v) is 4.87.